The molecule has 0 spiro atoms. The summed E-state index contributed by atoms with van der Waals surface area (Å²) in [5.41, 5.74) is 0.347. The summed E-state index contributed by atoms with van der Waals surface area (Å²) in [7, 11) is -1.80. The van der Waals surface area contributed by atoms with Crippen LogP contribution in [0.15, 0.2) is 24.3 Å². The molecule has 0 aliphatic carbocycles. The van der Waals surface area contributed by atoms with E-state index in [4.69, 9.17) is 4.74 Å². The summed E-state index contributed by atoms with van der Waals surface area (Å²) in [6.45, 7) is 0. The minimum Gasteiger partial charge on any atom is -0.497 e. The molecule has 0 N–H and O–H groups in total. The van der Waals surface area contributed by atoms with Crippen LogP contribution < -0.4 is 4.74 Å². The van der Waals surface area contributed by atoms with Crippen molar-refractivity contribution >= 4 is 15.6 Å². The van der Waals surface area contributed by atoms with Gasteiger partial charge < -0.3 is 4.74 Å². The Morgan fingerprint density at radius 3 is 2.60 bits per heavy atom. The molecule has 0 unspecified atom stereocenters. The van der Waals surface area contributed by atoms with Crippen LogP contribution in [0.5, 0.6) is 5.75 Å². The van der Waals surface area contributed by atoms with Crippen molar-refractivity contribution in [3.63, 3.8) is 0 Å². The van der Waals surface area contributed by atoms with Crippen LogP contribution in [0.2, 0.25) is 0 Å². The highest BCUT2D eigenvalue weighted by molar-refractivity contribution is 7.91. The summed E-state index contributed by atoms with van der Waals surface area (Å²) < 4.78 is 26.8. The second-order valence-electron chi connectivity index (χ2n) is 3.23. The Balaban J connectivity index is 2.92. The monoisotopic (exact) mass is 228 g/mol. The minimum atomic E-state index is -3.28. The number of sulfone groups is 1. The van der Waals surface area contributed by atoms with Crippen LogP contribution in [0, 0.1) is 0 Å². The Labute approximate surface area is 88.8 Å². The van der Waals surface area contributed by atoms with E-state index in [0.717, 1.165) is 6.26 Å². The summed E-state index contributed by atoms with van der Waals surface area (Å²) in [6, 6.07) is 6.43. The molecular formula is C10H12O4S. The average molecular weight is 228 g/mol. The quantitative estimate of drug-likeness (QED) is 0.719. The lowest BCUT2D eigenvalue weighted by Crippen LogP contribution is -2.14. The lowest BCUT2D eigenvalue weighted by molar-refractivity contribution is 0.102. The number of carbonyl (C=O) groups excluding carboxylic acids is 1. The second kappa shape index (κ2) is 4.44. The molecule has 0 aromatic heterocycles. The van der Waals surface area contributed by atoms with E-state index < -0.39 is 21.4 Å². The SMILES string of the molecule is COc1cccc(C(=O)CS(C)(=O)=O)c1. The predicted octanol–water partition coefficient (Wildman–Crippen LogP) is 0.922. The molecule has 0 aliphatic rings. The number of hydrogen-bond donors (Lipinski definition) is 0. The van der Waals surface area contributed by atoms with E-state index in [-0.39, 0.29) is 0 Å². The fourth-order valence-electron chi connectivity index (χ4n) is 1.12. The van der Waals surface area contributed by atoms with Gasteiger partial charge in [0.2, 0.25) is 0 Å². The van der Waals surface area contributed by atoms with Gasteiger partial charge in [-0.15, -0.1) is 0 Å². The second-order valence-corrected chi connectivity index (χ2v) is 5.37. The smallest absolute Gasteiger partial charge is 0.177 e. The highest BCUT2D eigenvalue weighted by Crippen LogP contribution is 2.13. The summed E-state index contributed by atoms with van der Waals surface area (Å²) in [4.78, 5) is 11.5. The van der Waals surface area contributed by atoms with Gasteiger partial charge in [-0.25, -0.2) is 8.42 Å². The maximum Gasteiger partial charge on any atom is 0.177 e. The normalized spacial score (nSPS) is 11.1. The third kappa shape index (κ3) is 3.71. The molecule has 0 aliphatic heterocycles. The van der Waals surface area contributed by atoms with Gasteiger partial charge in [-0.3, -0.25) is 4.79 Å². The van der Waals surface area contributed by atoms with Gasteiger partial charge in [0.05, 0.1) is 7.11 Å². The molecule has 1 aromatic rings. The van der Waals surface area contributed by atoms with Crippen LogP contribution in [0.1, 0.15) is 10.4 Å². The molecule has 82 valence electrons. The maximum atomic E-state index is 11.5. The van der Waals surface area contributed by atoms with Gasteiger partial charge in [-0.2, -0.15) is 0 Å². The van der Waals surface area contributed by atoms with Gasteiger partial charge >= 0.3 is 0 Å². The maximum absolute atomic E-state index is 11.5. The summed E-state index contributed by atoms with van der Waals surface area (Å²) in [6.07, 6.45) is 1.03. The fourth-order valence-corrected chi connectivity index (χ4v) is 1.76. The number of rotatable bonds is 4. The lowest BCUT2D eigenvalue weighted by atomic mass is 10.1. The molecule has 1 aromatic carbocycles. The van der Waals surface area contributed by atoms with E-state index in [9.17, 15) is 13.2 Å². The van der Waals surface area contributed by atoms with Gasteiger partial charge in [0.25, 0.3) is 0 Å². The largest absolute Gasteiger partial charge is 0.497 e. The zero-order valence-electron chi connectivity index (χ0n) is 8.56. The van der Waals surface area contributed by atoms with E-state index in [1.54, 1.807) is 18.2 Å². The van der Waals surface area contributed by atoms with Crippen LogP contribution in [0.4, 0.5) is 0 Å². The van der Waals surface area contributed by atoms with Crippen molar-refractivity contribution in [2.45, 2.75) is 0 Å². The first-order valence-corrected chi connectivity index (χ1v) is 6.33. The van der Waals surface area contributed by atoms with Gasteiger partial charge in [0.1, 0.15) is 11.5 Å². The lowest BCUT2D eigenvalue weighted by Gasteiger charge is -2.02. The van der Waals surface area contributed by atoms with Crippen molar-refractivity contribution in [1.82, 2.24) is 0 Å². The van der Waals surface area contributed by atoms with Crippen LogP contribution in [-0.4, -0.2) is 33.3 Å². The van der Waals surface area contributed by atoms with Crippen molar-refractivity contribution in [2.75, 3.05) is 19.1 Å². The molecule has 0 heterocycles. The van der Waals surface area contributed by atoms with E-state index in [0.29, 0.717) is 11.3 Å². The zero-order chi connectivity index (χ0) is 11.5. The minimum absolute atomic E-state index is 0.347. The number of methoxy groups -OCH3 is 1. The van der Waals surface area contributed by atoms with Crippen LogP contribution >= 0.6 is 0 Å². The first-order valence-electron chi connectivity index (χ1n) is 4.27. The number of carbonyl (C=O) groups is 1. The molecule has 0 amide bonds. The Kier molecular flexibility index (Phi) is 3.47. The Hall–Kier alpha value is -1.36. The first-order chi connectivity index (χ1) is 6.92. The van der Waals surface area contributed by atoms with Crippen LogP contribution in [0.25, 0.3) is 0 Å². The van der Waals surface area contributed by atoms with Crippen molar-refractivity contribution in [1.29, 1.82) is 0 Å². The summed E-state index contributed by atoms with van der Waals surface area (Å²) >= 11 is 0. The van der Waals surface area contributed by atoms with Gasteiger partial charge in [-0.1, -0.05) is 12.1 Å². The number of ether oxygens (including phenoxy) is 1. The average Bonchev–Trinajstić information content (AvgIpc) is 2.15. The zero-order valence-corrected chi connectivity index (χ0v) is 9.37. The molecule has 0 fully saturated rings. The van der Waals surface area contributed by atoms with Crippen molar-refractivity contribution < 1.29 is 17.9 Å². The van der Waals surface area contributed by atoms with Gasteiger partial charge in [0.15, 0.2) is 15.6 Å². The molecule has 0 bridgehead atoms. The van der Waals surface area contributed by atoms with E-state index in [2.05, 4.69) is 0 Å². The van der Waals surface area contributed by atoms with Crippen molar-refractivity contribution in [2.24, 2.45) is 0 Å². The fraction of sp³-hybridized carbons (Fsp3) is 0.300. The molecule has 0 saturated carbocycles. The van der Waals surface area contributed by atoms with E-state index >= 15 is 0 Å². The number of ketones is 1. The van der Waals surface area contributed by atoms with Crippen molar-refractivity contribution in [3.8, 4) is 5.75 Å². The van der Waals surface area contributed by atoms with Crippen LogP contribution in [0.3, 0.4) is 0 Å². The number of hydrogen-bond acceptors (Lipinski definition) is 4. The number of Topliss-reactive ketones (excluding diaryl/α,β-unsaturated/α-hetero) is 1. The predicted molar refractivity (Wildman–Crippen MR) is 57.0 cm³/mol. The standard InChI is InChI=1S/C10H12O4S/c1-14-9-5-3-4-8(6-9)10(11)7-15(2,12)13/h3-6H,7H2,1-2H3. The Morgan fingerprint density at radius 2 is 2.07 bits per heavy atom. The van der Waals surface area contributed by atoms with E-state index in [1.165, 1.54) is 13.2 Å². The number of benzene rings is 1. The molecule has 1 rings (SSSR count). The summed E-state index contributed by atoms with van der Waals surface area (Å²) in [5.74, 6) is -0.356. The van der Waals surface area contributed by atoms with E-state index in [1.807, 2.05) is 0 Å². The first kappa shape index (κ1) is 11.7. The van der Waals surface area contributed by atoms with Crippen molar-refractivity contribution in [3.05, 3.63) is 29.8 Å². The third-order valence-corrected chi connectivity index (χ3v) is 2.57. The third-order valence-electron chi connectivity index (χ3n) is 1.78. The Bertz CT molecular complexity index is 462. The molecule has 0 saturated heterocycles. The highest BCUT2D eigenvalue weighted by Gasteiger charge is 2.13. The summed E-state index contributed by atoms with van der Waals surface area (Å²) in [5, 5.41) is 0. The molecule has 5 heteroatoms. The Morgan fingerprint density at radius 1 is 1.40 bits per heavy atom. The van der Waals surface area contributed by atoms with Gasteiger partial charge in [-0.05, 0) is 12.1 Å². The molecule has 4 nitrogen and oxygen atoms in total. The van der Waals surface area contributed by atoms with Crippen LogP contribution in [-0.2, 0) is 9.84 Å². The van der Waals surface area contributed by atoms with Gasteiger partial charge in [0, 0.05) is 11.8 Å². The topological polar surface area (TPSA) is 60.4 Å². The molecule has 0 atom stereocenters. The highest BCUT2D eigenvalue weighted by atomic mass is 32.2. The molecular weight excluding hydrogens is 216 g/mol. The molecule has 0 radical (unpaired) electrons. The molecule has 15 heavy (non-hydrogen) atoms.